The van der Waals surface area contributed by atoms with E-state index < -0.39 is 0 Å². The van der Waals surface area contributed by atoms with Crippen molar-refractivity contribution in [3.8, 4) is 0 Å². The zero-order valence-corrected chi connectivity index (χ0v) is 4.11. The standard InChI is InChI=1S/C4H8BF/c1-4(2)3-5-6/h3-4H,1-2H3. The van der Waals surface area contributed by atoms with Gasteiger partial charge in [0, 0.05) is 0 Å². The summed E-state index contributed by atoms with van der Waals surface area (Å²) in [6.45, 7) is 3.85. The van der Waals surface area contributed by atoms with Gasteiger partial charge >= 0.3 is 37.2 Å². The van der Waals surface area contributed by atoms with E-state index in [1.165, 1.54) is 5.97 Å². The van der Waals surface area contributed by atoms with Gasteiger partial charge in [0.1, 0.15) is 0 Å². The second-order valence-corrected chi connectivity index (χ2v) is 1.56. The van der Waals surface area contributed by atoms with Crippen LogP contribution in [0.1, 0.15) is 13.8 Å². The zero-order valence-electron chi connectivity index (χ0n) is 4.11. The summed E-state index contributed by atoms with van der Waals surface area (Å²) in [7, 11) is 0.574. The second kappa shape index (κ2) is 3.07. The molecule has 0 aliphatic carbocycles. The van der Waals surface area contributed by atoms with Gasteiger partial charge in [0.15, 0.2) is 0 Å². The van der Waals surface area contributed by atoms with Gasteiger partial charge in [0.2, 0.25) is 0 Å². The van der Waals surface area contributed by atoms with Crippen molar-refractivity contribution in [2.75, 3.05) is 0 Å². The Bertz CT molecular complexity index is 49.5. The summed E-state index contributed by atoms with van der Waals surface area (Å²) in [5, 5.41) is 0. The van der Waals surface area contributed by atoms with Gasteiger partial charge in [-0.05, 0) is 0 Å². The molecular formula is C4H8BF. The molecule has 0 atom stereocenters. The summed E-state index contributed by atoms with van der Waals surface area (Å²) in [6.07, 6.45) is 0. The number of halogens is 1. The molecule has 0 aliphatic rings. The van der Waals surface area contributed by atoms with Crippen molar-refractivity contribution < 1.29 is 4.32 Å². The van der Waals surface area contributed by atoms with Gasteiger partial charge in [-0.2, -0.15) is 0 Å². The van der Waals surface area contributed by atoms with E-state index in [0.29, 0.717) is 13.1 Å². The molecule has 0 saturated carbocycles. The van der Waals surface area contributed by atoms with Gasteiger partial charge in [-0.3, -0.25) is 0 Å². The van der Waals surface area contributed by atoms with E-state index in [1.807, 2.05) is 13.8 Å². The Morgan fingerprint density at radius 3 is 2.17 bits per heavy atom. The van der Waals surface area contributed by atoms with Gasteiger partial charge in [0.25, 0.3) is 0 Å². The average Bonchev–Trinajstić information content (AvgIpc) is 1.35. The van der Waals surface area contributed by atoms with Crippen molar-refractivity contribution in [1.29, 1.82) is 0 Å². The van der Waals surface area contributed by atoms with Crippen LogP contribution in [0, 0.1) is 5.92 Å². The molecule has 0 fully saturated rings. The normalized spacial score (nSPS) is 10.0. The van der Waals surface area contributed by atoms with E-state index in [-0.39, 0.29) is 0 Å². The minimum atomic E-state index is 0.343. The van der Waals surface area contributed by atoms with Gasteiger partial charge in [-0.25, -0.2) is 0 Å². The predicted octanol–water partition coefficient (Wildman–Crippen LogP) is 1.03. The molecular weight excluding hydrogens is 77.9 g/mol. The number of hydrogen-bond acceptors (Lipinski definition) is 0. The molecule has 0 amide bonds. The van der Waals surface area contributed by atoms with Crippen LogP contribution in [-0.2, 0) is 0 Å². The number of hydrogen-bond donors (Lipinski definition) is 0. The van der Waals surface area contributed by atoms with Crippen LogP contribution in [-0.4, -0.2) is 13.2 Å². The van der Waals surface area contributed by atoms with Crippen LogP contribution in [0.5, 0.6) is 0 Å². The van der Waals surface area contributed by atoms with E-state index in [0.717, 1.165) is 0 Å². The summed E-state index contributed by atoms with van der Waals surface area (Å²) in [6, 6.07) is 0. The minimum absolute atomic E-state index is 0.343. The van der Waals surface area contributed by atoms with E-state index >= 15 is 0 Å². The Balaban J connectivity index is 3.03. The molecule has 0 spiro atoms. The summed E-state index contributed by atoms with van der Waals surface area (Å²) < 4.78 is 11.1. The zero-order chi connectivity index (χ0) is 4.99. The van der Waals surface area contributed by atoms with Crippen LogP contribution in [0.2, 0.25) is 0 Å². The van der Waals surface area contributed by atoms with Gasteiger partial charge in [-0.1, -0.05) is 0 Å². The van der Waals surface area contributed by atoms with Gasteiger partial charge in [-0.15, -0.1) is 0 Å². The molecule has 2 heteroatoms. The molecule has 0 heterocycles. The first-order valence-corrected chi connectivity index (χ1v) is 2.04. The molecule has 0 aromatic rings. The Labute approximate surface area is 38.3 Å². The fourth-order valence-corrected chi connectivity index (χ4v) is 0.145. The third-order valence-corrected chi connectivity index (χ3v) is 0.458. The van der Waals surface area contributed by atoms with Crippen molar-refractivity contribution in [1.82, 2.24) is 0 Å². The molecule has 0 aromatic heterocycles. The van der Waals surface area contributed by atoms with Crippen LogP contribution in [0.3, 0.4) is 0 Å². The van der Waals surface area contributed by atoms with Gasteiger partial charge in [0.05, 0.1) is 0 Å². The van der Waals surface area contributed by atoms with Crippen molar-refractivity contribution in [2.45, 2.75) is 13.8 Å². The predicted molar refractivity (Wildman–Crippen MR) is 27.8 cm³/mol. The first kappa shape index (κ1) is 5.86. The Hall–Kier alpha value is -0.135. The van der Waals surface area contributed by atoms with E-state index in [1.54, 1.807) is 0 Å². The number of rotatable bonds is 1. The van der Waals surface area contributed by atoms with E-state index in [4.69, 9.17) is 0 Å². The molecule has 0 radical (unpaired) electrons. The first-order chi connectivity index (χ1) is 2.77. The maximum atomic E-state index is 11.1. The fraction of sp³-hybridized carbons (Fsp3) is 0.750. The molecule has 0 rings (SSSR count). The molecule has 0 unspecified atom stereocenters. The Morgan fingerprint density at radius 1 is 1.67 bits per heavy atom. The molecule has 0 aliphatic heterocycles. The van der Waals surface area contributed by atoms with Crippen molar-refractivity contribution in [2.24, 2.45) is 5.92 Å². The molecule has 0 nitrogen and oxygen atoms in total. The van der Waals surface area contributed by atoms with Crippen LogP contribution in [0.4, 0.5) is 4.32 Å². The summed E-state index contributed by atoms with van der Waals surface area (Å²) in [4.78, 5) is 0. The second-order valence-electron chi connectivity index (χ2n) is 1.56. The maximum absolute atomic E-state index is 11.1. The Kier molecular flexibility index (Phi) is 3.00. The molecule has 34 valence electrons. The molecule has 0 N–H and O–H groups in total. The molecule has 0 aromatic carbocycles. The monoisotopic (exact) mass is 86.1 g/mol. The van der Waals surface area contributed by atoms with Gasteiger partial charge < -0.3 is 0 Å². The topological polar surface area (TPSA) is 0 Å². The third kappa shape index (κ3) is 3.86. The molecule has 0 bridgehead atoms. The van der Waals surface area contributed by atoms with Crippen molar-refractivity contribution in [3.05, 3.63) is 0 Å². The quantitative estimate of drug-likeness (QED) is 0.418. The van der Waals surface area contributed by atoms with Crippen molar-refractivity contribution >= 4 is 13.2 Å². The SMILES string of the molecule is CC(C)C=BF. The summed E-state index contributed by atoms with van der Waals surface area (Å²) >= 11 is 0. The fourth-order valence-electron chi connectivity index (χ4n) is 0.145. The average molecular weight is 85.9 g/mol. The van der Waals surface area contributed by atoms with Crippen LogP contribution in [0.15, 0.2) is 0 Å². The Morgan fingerprint density at radius 2 is 2.17 bits per heavy atom. The van der Waals surface area contributed by atoms with Crippen molar-refractivity contribution in [3.63, 3.8) is 0 Å². The van der Waals surface area contributed by atoms with E-state index in [9.17, 15) is 4.32 Å². The van der Waals surface area contributed by atoms with E-state index in [2.05, 4.69) is 0 Å². The molecule has 0 saturated heterocycles. The molecule has 6 heavy (non-hydrogen) atoms. The van der Waals surface area contributed by atoms with Crippen LogP contribution >= 0.6 is 0 Å². The van der Waals surface area contributed by atoms with Crippen LogP contribution < -0.4 is 0 Å². The summed E-state index contributed by atoms with van der Waals surface area (Å²) in [5.41, 5.74) is 0. The third-order valence-electron chi connectivity index (χ3n) is 0.458. The van der Waals surface area contributed by atoms with Crippen LogP contribution in [0.25, 0.3) is 0 Å². The summed E-state index contributed by atoms with van der Waals surface area (Å²) in [5.74, 6) is 1.84. The first-order valence-electron chi connectivity index (χ1n) is 2.04.